The predicted octanol–water partition coefficient (Wildman–Crippen LogP) is 9.83. The first-order valence-electron chi connectivity index (χ1n) is 20.9. The minimum absolute atomic E-state index is 0.0774. The van der Waals surface area contributed by atoms with E-state index in [4.69, 9.17) is 21.4 Å². The largest absolute Gasteiger partial charge is 0.309 e. The Labute approximate surface area is 272 Å². The molecule has 9 aromatic rings. The Morgan fingerprint density at radius 2 is 1.21 bits per heavy atom. The van der Waals surface area contributed by atoms with E-state index in [9.17, 15) is 4.11 Å². The van der Waals surface area contributed by atoms with E-state index in [1.54, 1.807) is 17.8 Å². The Morgan fingerprint density at radius 1 is 0.581 bits per heavy atom. The fourth-order valence-corrected chi connectivity index (χ4v) is 7.03. The number of imidazole rings is 1. The second-order valence-corrected chi connectivity index (χ2v) is 11.1. The van der Waals surface area contributed by atoms with E-state index in [0.717, 1.165) is 32.0 Å². The zero-order valence-electron chi connectivity index (χ0n) is 36.9. The molecule has 0 saturated carbocycles. The second-order valence-electron chi connectivity index (χ2n) is 10.1. The van der Waals surface area contributed by atoms with Crippen LogP contribution in [-0.2, 0) is 5.75 Å². The summed E-state index contributed by atoms with van der Waals surface area (Å²) in [5.74, 6) is 0.588. The van der Waals surface area contributed by atoms with Crippen molar-refractivity contribution in [3.63, 3.8) is 0 Å². The Bertz CT molecular complexity index is 3350. The van der Waals surface area contributed by atoms with Gasteiger partial charge in [-0.1, -0.05) is 84.3 Å². The van der Waals surface area contributed by atoms with Crippen LogP contribution in [0, 0.1) is 0 Å². The van der Waals surface area contributed by atoms with E-state index < -0.39 is 96.3 Å². The topological polar surface area (TPSA) is 27.7 Å². The average Bonchev–Trinajstić information content (AvgIpc) is 3.90. The van der Waals surface area contributed by atoms with Crippen molar-refractivity contribution in [2.45, 2.75) is 10.9 Å². The SMILES string of the molecule is [2H]c1c([2H])c([2H])c2c(c1[2H])c1c([2H])c(-n3c4c([2H])c([2H])c([2H])c([2H])c4c4c([2H])c([2H])c([2H])c([2H])c43)c([2H])c([2H])c1n2-c1ccc2c(c1)-n1c(nc3ccccc31)SC2. The fraction of sp³-hybridized carbons (Fsp3) is 0.0263. The van der Waals surface area contributed by atoms with Crippen molar-refractivity contribution in [3.8, 4) is 17.1 Å². The van der Waals surface area contributed by atoms with Crippen LogP contribution in [0.1, 0.15) is 26.1 Å². The number of hydrogen-bond donors (Lipinski definition) is 0. The van der Waals surface area contributed by atoms with Gasteiger partial charge in [0.25, 0.3) is 0 Å². The van der Waals surface area contributed by atoms with Gasteiger partial charge in [0.05, 0.1) is 59.3 Å². The van der Waals surface area contributed by atoms with Gasteiger partial charge in [-0.15, -0.1) is 0 Å². The molecule has 0 N–H and O–H groups in total. The quantitative estimate of drug-likeness (QED) is 0.203. The number of nitrogens with zero attached hydrogens (tertiary/aromatic N) is 4. The number of aromatic nitrogens is 4. The maximum Gasteiger partial charge on any atom is 0.174 e. The number of hydrogen-bond acceptors (Lipinski definition) is 2. The zero-order chi connectivity index (χ0) is 41.1. The molecule has 202 valence electrons. The van der Waals surface area contributed by atoms with Gasteiger partial charge in [0.15, 0.2) is 5.16 Å². The molecule has 5 heteroatoms. The van der Waals surface area contributed by atoms with Crippen LogP contribution in [0.3, 0.4) is 0 Å². The zero-order valence-corrected chi connectivity index (χ0v) is 22.8. The molecule has 0 fully saturated rings. The molecule has 0 radical (unpaired) electrons. The monoisotopic (exact) mass is 583 g/mol. The van der Waals surface area contributed by atoms with E-state index in [0.29, 0.717) is 11.4 Å². The summed E-state index contributed by atoms with van der Waals surface area (Å²) in [6, 6.07) is 3.81. The van der Waals surface area contributed by atoms with Gasteiger partial charge in [0.2, 0.25) is 0 Å². The van der Waals surface area contributed by atoms with Crippen LogP contribution in [0.5, 0.6) is 0 Å². The molecular formula is C38H24N4S. The molecule has 3 aromatic heterocycles. The molecule has 4 heterocycles. The molecule has 10 rings (SSSR count). The van der Waals surface area contributed by atoms with Crippen molar-refractivity contribution >= 4 is 66.4 Å². The summed E-state index contributed by atoms with van der Waals surface area (Å²) in [6.45, 7) is 0. The third-order valence-corrected chi connectivity index (χ3v) is 8.84. The summed E-state index contributed by atoms with van der Waals surface area (Å²) in [7, 11) is 0. The highest BCUT2D eigenvalue weighted by Gasteiger charge is 2.22. The minimum Gasteiger partial charge on any atom is -0.309 e. The Balaban J connectivity index is 1.41. The molecule has 0 aliphatic carbocycles. The van der Waals surface area contributed by atoms with Gasteiger partial charge in [0, 0.05) is 38.7 Å². The van der Waals surface area contributed by atoms with Gasteiger partial charge in [-0.25, -0.2) is 4.98 Å². The third kappa shape index (κ3) is 3.20. The van der Waals surface area contributed by atoms with Crippen molar-refractivity contribution in [1.82, 2.24) is 18.7 Å². The molecule has 1 aliphatic rings. The van der Waals surface area contributed by atoms with Crippen LogP contribution >= 0.6 is 11.8 Å². The molecule has 4 nitrogen and oxygen atoms in total. The van der Waals surface area contributed by atoms with Crippen LogP contribution in [0.25, 0.3) is 71.7 Å². The van der Waals surface area contributed by atoms with Crippen molar-refractivity contribution in [1.29, 1.82) is 0 Å². The lowest BCUT2D eigenvalue weighted by molar-refractivity contribution is 0.892. The number of rotatable bonds is 2. The minimum atomic E-state index is -0.701. The first-order valence-corrected chi connectivity index (χ1v) is 14.4. The molecule has 6 aromatic carbocycles. The van der Waals surface area contributed by atoms with Crippen molar-refractivity contribution in [2.75, 3.05) is 0 Å². The summed E-state index contributed by atoms with van der Waals surface area (Å²) >= 11 is 1.56. The smallest absolute Gasteiger partial charge is 0.174 e. The molecule has 0 bridgehead atoms. The molecule has 0 saturated heterocycles. The summed E-state index contributed by atoms with van der Waals surface area (Å²) in [4.78, 5) is 4.79. The van der Waals surface area contributed by atoms with E-state index in [1.807, 2.05) is 41.0 Å². The van der Waals surface area contributed by atoms with E-state index in [1.165, 1.54) is 4.57 Å². The van der Waals surface area contributed by atoms with Crippen molar-refractivity contribution < 1.29 is 20.6 Å². The molecule has 0 atom stereocenters. The van der Waals surface area contributed by atoms with Crippen LogP contribution in [0.2, 0.25) is 0 Å². The van der Waals surface area contributed by atoms with Gasteiger partial charge in [-0.05, 0) is 66.1 Å². The standard InChI is InChI=1S/C38H24N4S/c1-5-13-32-27(9-1)28-10-2-6-14-33(28)40(32)25-19-20-35-30(21-25)29-11-3-7-15-34(29)41(35)26-18-17-24-23-43-38-39-31-12-4-8-16-36(31)42(38)37(24)22-26/h1-22H,23H2/i1D,2D,3D,5D,6D,7D,9D,10D,11D,13D,14D,15D,19D,20D,21D. The third-order valence-electron chi connectivity index (χ3n) is 7.86. The van der Waals surface area contributed by atoms with E-state index in [2.05, 4.69) is 0 Å². The Kier molecular flexibility index (Phi) is 2.68. The lowest BCUT2D eigenvalue weighted by atomic mass is 10.1. The van der Waals surface area contributed by atoms with Crippen LogP contribution in [0.15, 0.2) is 138 Å². The maximum absolute atomic E-state index is 9.82. The van der Waals surface area contributed by atoms with Gasteiger partial charge < -0.3 is 9.13 Å². The number of benzene rings is 6. The lowest BCUT2D eigenvalue weighted by Crippen LogP contribution is -2.07. The summed E-state index contributed by atoms with van der Waals surface area (Å²) in [6.07, 6.45) is 0. The number of fused-ring (bicyclic) bond motifs is 11. The Morgan fingerprint density at radius 3 is 1.95 bits per heavy atom. The Hall–Kier alpha value is -5.26. The van der Waals surface area contributed by atoms with Gasteiger partial charge in [-0.3, -0.25) is 4.57 Å². The van der Waals surface area contributed by atoms with Gasteiger partial charge in [0.1, 0.15) is 0 Å². The highest BCUT2D eigenvalue weighted by Crippen LogP contribution is 2.40. The highest BCUT2D eigenvalue weighted by atomic mass is 32.2. The molecule has 1 aliphatic heterocycles. The summed E-state index contributed by atoms with van der Waals surface area (Å²) in [5.41, 5.74) is 2.29. The van der Waals surface area contributed by atoms with Crippen LogP contribution in [0.4, 0.5) is 0 Å². The summed E-state index contributed by atoms with van der Waals surface area (Å²) in [5, 5.41) is -0.128. The number of thioether (sulfide) groups is 1. The summed E-state index contributed by atoms with van der Waals surface area (Å²) < 4.78 is 138. The van der Waals surface area contributed by atoms with E-state index >= 15 is 0 Å². The van der Waals surface area contributed by atoms with Gasteiger partial charge >= 0.3 is 0 Å². The molecule has 0 unspecified atom stereocenters. The predicted molar refractivity (Wildman–Crippen MR) is 179 cm³/mol. The lowest BCUT2D eigenvalue weighted by Gasteiger charge is -2.20. The average molecular weight is 584 g/mol. The first-order chi connectivity index (χ1) is 27.6. The maximum atomic E-state index is 9.82. The fourth-order valence-electron chi connectivity index (χ4n) is 6.02. The van der Waals surface area contributed by atoms with Crippen LogP contribution < -0.4 is 0 Å². The van der Waals surface area contributed by atoms with Crippen LogP contribution in [-0.4, -0.2) is 18.7 Å². The van der Waals surface area contributed by atoms with Crippen molar-refractivity contribution in [2.24, 2.45) is 0 Å². The highest BCUT2D eigenvalue weighted by molar-refractivity contribution is 7.98. The molecule has 43 heavy (non-hydrogen) atoms. The molecular weight excluding hydrogens is 545 g/mol. The normalized spacial score (nSPS) is 17.8. The van der Waals surface area contributed by atoms with E-state index in [-0.39, 0.29) is 43.6 Å². The first kappa shape index (κ1) is 13.4. The molecule has 0 amide bonds. The molecule has 0 spiro atoms. The van der Waals surface area contributed by atoms with Crippen molar-refractivity contribution in [3.05, 3.63) is 139 Å². The number of para-hydroxylation sites is 5. The van der Waals surface area contributed by atoms with Gasteiger partial charge in [-0.2, -0.15) is 0 Å². The second kappa shape index (κ2) is 8.63.